The minimum atomic E-state index is -0.0224. The molecule has 2 heterocycles. The molecule has 0 radical (unpaired) electrons. The number of thiophene rings is 1. The molecule has 0 unspecified atom stereocenters. The van der Waals surface area contributed by atoms with Gasteiger partial charge in [0.1, 0.15) is 6.61 Å². The smallest absolute Gasteiger partial charge is 0.252 e. The normalized spacial score (nSPS) is 16.2. The van der Waals surface area contributed by atoms with E-state index in [0.29, 0.717) is 13.1 Å². The van der Waals surface area contributed by atoms with Gasteiger partial charge < -0.3 is 15.0 Å². The van der Waals surface area contributed by atoms with Crippen molar-refractivity contribution in [3.63, 3.8) is 0 Å². The van der Waals surface area contributed by atoms with Crippen molar-refractivity contribution in [3.05, 3.63) is 19.9 Å². The Hall–Kier alpha value is -0.670. The van der Waals surface area contributed by atoms with E-state index in [4.69, 9.17) is 4.74 Å². The zero-order valence-electron chi connectivity index (χ0n) is 11.2. The average Bonchev–Trinajstić information content (AvgIpc) is 2.86. The summed E-state index contributed by atoms with van der Waals surface area (Å²) in [5.41, 5.74) is 0.720. The van der Waals surface area contributed by atoms with Crippen LogP contribution in [0.2, 0.25) is 0 Å². The van der Waals surface area contributed by atoms with E-state index in [2.05, 4.69) is 27.9 Å². The number of likely N-dealkylation sites (tertiary alicyclic amines) is 1. The summed E-state index contributed by atoms with van der Waals surface area (Å²) in [5, 5.41) is 4.90. The second kappa shape index (κ2) is 7.37. The van der Waals surface area contributed by atoms with E-state index in [1.54, 1.807) is 16.2 Å². The van der Waals surface area contributed by atoms with Crippen molar-refractivity contribution < 1.29 is 14.3 Å². The number of piperidine rings is 1. The molecule has 0 aromatic carbocycles. The molecule has 110 valence electrons. The lowest BCUT2D eigenvalue weighted by atomic mass is 10.0. The van der Waals surface area contributed by atoms with Crippen molar-refractivity contribution in [1.82, 2.24) is 10.2 Å². The van der Waals surface area contributed by atoms with Crippen LogP contribution in [0.5, 0.6) is 0 Å². The van der Waals surface area contributed by atoms with Gasteiger partial charge >= 0.3 is 0 Å². The first-order chi connectivity index (χ1) is 9.60. The van der Waals surface area contributed by atoms with Crippen LogP contribution in [0.4, 0.5) is 0 Å². The van der Waals surface area contributed by atoms with Crippen molar-refractivity contribution in [3.8, 4) is 0 Å². The number of nitrogens with zero attached hydrogens (tertiary/aromatic N) is 1. The van der Waals surface area contributed by atoms with Gasteiger partial charge in [-0.15, -0.1) is 11.3 Å². The van der Waals surface area contributed by atoms with Crippen LogP contribution in [-0.2, 0) is 9.53 Å². The van der Waals surface area contributed by atoms with Crippen LogP contribution < -0.4 is 5.32 Å². The largest absolute Gasteiger partial charge is 0.375 e. The summed E-state index contributed by atoms with van der Waals surface area (Å²) in [7, 11) is 1.52. The third kappa shape index (κ3) is 4.16. The van der Waals surface area contributed by atoms with E-state index in [1.807, 2.05) is 11.4 Å². The predicted molar refractivity (Wildman–Crippen MR) is 86.0 cm³/mol. The second-order valence-electron chi connectivity index (χ2n) is 4.70. The first-order valence-corrected chi connectivity index (χ1v) is 8.37. The Morgan fingerprint density at radius 1 is 1.50 bits per heavy atom. The molecule has 1 aromatic heterocycles. The van der Waals surface area contributed by atoms with Gasteiger partial charge in [0.05, 0.1) is 8.45 Å². The van der Waals surface area contributed by atoms with Crippen LogP contribution in [0.3, 0.4) is 0 Å². The maximum atomic E-state index is 12.0. The van der Waals surface area contributed by atoms with Gasteiger partial charge in [-0.1, -0.05) is 0 Å². The topological polar surface area (TPSA) is 58.6 Å². The maximum Gasteiger partial charge on any atom is 0.252 e. The molecule has 1 aliphatic rings. The summed E-state index contributed by atoms with van der Waals surface area (Å²) < 4.78 is 5.95. The van der Waals surface area contributed by atoms with Gasteiger partial charge in [0.25, 0.3) is 5.91 Å². The van der Waals surface area contributed by atoms with Gasteiger partial charge in [0.2, 0.25) is 5.91 Å². The van der Waals surface area contributed by atoms with E-state index in [1.165, 1.54) is 7.11 Å². The lowest BCUT2D eigenvalue weighted by Gasteiger charge is -2.32. The molecule has 1 N–H and O–H groups in total. The quantitative estimate of drug-likeness (QED) is 0.773. The number of ether oxygens (including phenoxy) is 1. The van der Waals surface area contributed by atoms with Gasteiger partial charge in [-0.05, 0) is 41.5 Å². The summed E-state index contributed by atoms with van der Waals surface area (Å²) >= 11 is 3.77. The maximum absolute atomic E-state index is 12.0. The number of hydrogen-bond donors (Lipinski definition) is 1. The molecule has 2 amide bonds. The van der Waals surface area contributed by atoms with Crippen LogP contribution in [0.15, 0.2) is 11.4 Å². The number of amides is 2. The highest BCUT2D eigenvalue weighted by Crippen LogP contribution is 2.17. The Labute approximate surface area is 135 Å². The van der Waals surface area contributed by atoms with Crippen LogP contribution in [0, 0.1) is 2.88 Å². The molecule has 20 heavy (non-hydrogen) atoms. The molecule has 0 atom stereocenters. The Bertz CT molecular complexity index is 484. The summed E-state index contributed by atoms with van der Waals surface area (Å²) in [6.07, 6.45) is 1.59. The Morgan fingerprint density at radius 2 is 2.20 bits per heavy atom. The number of nitrogens with one attached hydrogen (secondary N) is 1. The third-order valence-electron chi connectivity index (χ3n) is 3.28. The van der Waals surface area contributed by atoms with Crippen LogP contribution in [0.1, 0.15) is 23.2 Å². The lowest BCUT2D eigenvalue weighted by Crippen LogP contribution is -2.47. The summed E-state index contributed by atoms with van der Waals surface area (Å²) in [5.74, 6) is -0.00417. The summed E-state index contributed by atoms with van der Waals surface area (Å²) in [4.78, 5) is 25.5. The van der Waals surface area contributed by atoms with Crippen molar-refractivity contribution in [1.29, 1.82) is 0 Å². The number of carbonyl (C=O) groups is 2. The van der Waals surface area contributed by atoms with E-state index >= 15 is 0 Å². The third-order valence-corrected chi connectivity index (χ3v) is 5.07. The van der Waals surface area contributed by atoms with Gasteiger partial charge in [0, 0.05) is 31.6 Å². The fourth-order valence-electron chi connectivity index (χ4n) is 2.19. The fourth-order valence-corrected chi connectivity index (χ4v) is 3.51. The fraction of sp³-hybridized carbons (Fsp3) is 0.538. The first-order valence-electron chi connectivity index (χ1n) is 6.41. The Kier molecular flexibility index (Phi) is 5.79. The van der Waals surface area contributed by atoms with E-state index < -0.39 is 0 Å². The van der Waals surface area contributed by atoms with E-state index in [0.717, 1.165) is 21.3 Å². The molecular formula is C13H17IN2O3S. The number of halogens is 1. The molecular weight excluding hydrogens is 391 g/mol. The number of carbonyl (C=O) groups excluding carboxylic acids is 2. The zero-order chi connectivity index (χ0) is 14.5. The van der Waals surface area contributed by atoms with Crippen LogP contribution >= 0.6 is 33.9 Å². The highest BCUT2D eigenvalue weighted by molar-refractivity contribution is 14.1. The van der Waals surface area contributed by atoms with Crippen molar-refractivity contribution >= 4 is 45.7 Å². The minimum Gasteiger partial charge on any atom is -0.375 e. The molecule has 7 heteroatoms. The standard InChI is InChI=1S/C13H17IN2O3S/c1-19-7-12(17)16-4-2-10(3-5-16)15-13(18)9-6-11(14)20-8-9/h6,8,10H,2-5,7H2,1H3,(H,15,18). The molecule has 1 aromatic rings. The van der Waals surface area contributed by atoms with Gasteiger partial charge in [-0.2, -0.15) is 0 Å². The second-order valence-corrected chi connectivity index (χ2v) is 7.51. The van der Waals surface area contributed by atoms with Gasteiger partial charge in [0.15, 0.2) is 0 Å². The molecule has 1 saturated heterocycles. The Balaban J connectivity index is 1.80. The van der Waals surface area contributed by atoms with Crippen LogP contribution in [0.25, 0.3) is 0 Å². The number of rotatable bonds is 4. The highest BCUT2D eigenvalue weighted by Gasteiger charge is 2.24. The minimum absolute atomic E-state index is 0.0182. The molecule has 1 aliphatic heterocycles. The molecule has 5 nitrogen and oxygen atoms in total. The highest BCUT2D eigenvalue weighted by atomic mass is 127. The van der Waals surface area contributed by atoms with Crippen LogP contribution in [-0.4, -0.2) is 49.6 Å². The average molecular weight is 408 g/mol. The van der Waals surface area contributed by atoms with Crippen molar-refractivity contribution in [2.75, 3.05) is 26.8 Å². The van der Waals surface area contributed by atoms with E-state index in [9.17, 15) is 9.59 Å². The predicted octanol–water partition coefficient (Wildman–Crippen LogP) is 1.72. The molecule has 1 fully saturated rings. The summed E-state index contributed by atoms with van der Waals surface area (Å²) in [6.45, 7) is 1.48. The van der Waals surface area contributed by atoms with E-state index in [-0.39, 0.29) is 24.5 Å². The first kappa shape index (κ1) is 15.7. The zero-order valence-corrected chi connectivity index (χ0v) is 14.2. The van der Waals surface area contributed by atoms with Crippen molar-refractivity contribution in [2.45, 2.75) is 18.9 Å². The lowest BCUT2D eigenvalue weighted by molar-refractivity contribution is -0.136. The van der Waals surface area contributed by atoms with Gasteiger partial charge in [-0.25, -0.2) is 0 Å². The molecule has 2 rings (SSSR count). The molecule has 0 spiro atoms. The summed E-state index contributed by atoms with van der Waals surface area (Å²) in [6, 6.07) is 2.03. The molecule has 0 bridgehead atoms. The Morgan fingerprint density at radius 3 is 2.75 bits per heavy atom. The SMILES string of the molecule is COCC(=O)N1CCC(NC(=O)c2csc(I)c2)CC1. The molecule has 0 saturated carbocycles. The number of methoxy groups -OCH3 is 1. The molecule has 0 aliphatic carbocycles. The van der Waals surface area contributed by atoms with Crippen molar-refractivity contribution in [2.24, 2.45) is 0 Å². The van der Waals surface area contributed by atoms with Gasteiger partial charge in [-0.3, -0.25) is 9.59 Å². The number of hydrogen-bond acceptors (Lipinski definition) is 4. The monoisotopic (exact) mass is 408 g/mol.